The van der Waals surface area contributed by atoms with Crippen molar-refractivity contribution in [1.82, 2.24) is 0 Å². The Balaban J connectivity index is 3.42. The summed E-state index contributed by atoms with van der Waals surface area (Å²) >= 11 is 0. The monoisotopic (exact) mass is 150 g/mol. The molecule has 0 aliphatic heterocycles. The van der Waals surface area contributed by atoms with Gasteiger partial charge in [0.05, 0.1) is 7.11 Å². The molecule has 0 aromatic carbocycles. The largest absolute Gasteiger partial charge is 0.459 e. The van der Waals surface area contributed by atoms with Crippen LogP contribution in [0.15, 0.2) is 0 Å². The first kappa shape index (κ1) is 9.59. The third kappa shape index (κ3) is 6.48. The maximum atomic E-state index is 10.4. The van der Waals surface area contributed by atoms with Crippen LogP contribution in [-0.4, -0.2) is 13.1 Å². The van der Waals surface area contributed by atoms with Crippen LogP contribution in [0.3, 0.4) is 0 Å². The SMILES string of the molecule is C#CCCCC#CC(=O)OC. The van der Waals surface area contributed by atoms with Crippen molar-refractivity contribution in [2.75, 3.05) is 7.11 Å². The van der Waals surface area contributed by atoms with Crippen molar-refractivity contribution in [1.29, 1.82) is 0 Å². The number of hydrogen-bond donors (Lipinski definition) is 0. The average Bonchev–Trinajstić information content (AvgIpc) is 2.04. The van der Waals surface area contributed by atoms with E-state index in [0.717, 1.165) is 6.42 Å². The molecule has 58 valence electrons. The van der Waals surface area contributed by atoms with E-state index in [0.29, 0.717) is 12.8 Å². The van der Waals surface area contributed by atoms with Crippen LogP contribution in [0.2, 0.25) is 0 Å². The second-order valence-corrected chi connectivity index (χ2v) is 1.85. The molecule has 2 nitrogen and oxygen atoms in total. The predicted molar refractivity (Wildman–Crippen MR) is 42.5 cm³/mol. The van der Waals surface area contributed by atoms with Crippen LogP contribution in [0, 0.1) is 24.2 Å². The number of methoxy groups -OCH3 is 1. The molecular weight excluding hydrogens is 140 g/mol. The van der Waals surface area contributed by atoms with E-state index < -0.39 is 5.97 Å². The molecule has 0 saturated carbocycles. The number of ether oxygens (including phenoxy) is 1. The summed E-state index contributed by atoms with van der Waals surface area (Å²) in [5, 5.41) is 0. The van der Waals surface area contributed by atoms with E-state index in [2.05, 4.69) is 22.5 Å². The molecule has 0 atom stereocenters. The molecule has 0 aromatic rings. The van der Waals surface area contributed by atoms with Crippen molar-refractivity contribution >= 4 is 5.97 Å². The van der Waals surface area contributed by atoms with Gasteiger partial charge in [-0.25, -0.2) is 4.79 Å². The second-order valence-electron chi connectivity index (χ2n) is 1.85. The molecule has 0 fully saturated rings. The fourth-order valence-electron chi connectivity index (χ4n) is 0.465. The van der Waals surface area contributed by atoms with Gasteiger partial charge in [-0.2, -0.15) is 0 Å². The molecule has 0 rings (SSSR count). The lowest BCUT2D eigenvalue weighted by Crippen LogP contribution is -1.93. The van der Waals surface area contributed by atoms with Gasteiger partial charge in [0.25, 0.3) is 0 Å². The van der Waals surface area contributed by atoms with Gasteiger partial charge in [-0.3, -0.25) is 0 Å². The lowest BCUT2D eigenvalue weighted by molar-refractivity contribution is -0.133. The van der Waals surface area contributed by atoms with Gasteiger partial charge in [-0.15, -0.1) is 12.3 Å². The van der Waals surface area contributed by atoms with E-state index in [-0.39, 0.29) is 0 Å². The Hall–Kier alpha value is -1.41. The molecule has 11 heavy (non-hydrogen) atoms. The lowest BCUT2D eigenvalue weighted by Gasteiger charge is -1.85. The summed E-state index contributed by atoms with van der Waals surface area (Å²) in [5.41, 5.74) is 0. The molecule has 0 bridgehead atoms. The van der Waals surface area contributed by atoms with Gasteiger partial charge in [-0.05, 0) is 6.42 Å². The van der Waals surface area contributed by atoms with E-state index >= 15 is 0 Å². The molecule has 0 aliphatic rings. The van der Waals surface area contributed by atoms with E-state index in [1.165, 1.54) is 7.11 Å². The summed E-state index contributed by atoms with van der Waals surface area (Å²) in [6.45, 7) is 0. The molecule has 0 aromatic heterocycles. The second kappa shape index (κ2) is 6.71. The fourth-order valence-corrected chi connectivity index (χ4v) is 0.465. The number of terminal acetylenes is 1. The van der Waals surface area contributed by atoms with Gasteiger partial charge in [-0.1, -0.05) is 5.92 Å². The number of carbonyl (C=O) groups excluding carboxylic acids is 1. The minimum Gasteiger partial charge on any atom is -0.459 e. The third-order valence-corrected chi connectivity index (χ3v) is 0.999. The first-order valence-electron chi connectivity index (χ1n) is 3.31. The molecule has 0 aliphatic carbocycles. The number of unbranched alkanes of at least 4 members (excludes halogenated alkanes) is 2. The Morgan fingerprint density at radius 1 is 1.55 bits per heavy atom. The normalized spacial score (nSPS) is 7.27. The standard InChI is InChI=1S/C9H10O2/c1-3-4-5-6-7-8-9(10)11-2/h1H,4-6H2,2H3. The summed E-state index contributed by atoms with van der Waals surface area (Å²) in [4.78, 5) is 10.4. The number of rotatable bonds is 2. The minimum absolute atomic E-state index is 0.495. The molecule has 0 unspecified atom stereocenters. The topological polar surface area (TPSA) is 26.3 Å². The number of carbonyl (C=O) groups is 1. The van der Waals surface area contributed by atoms with Crippen LogP contribution in [0.4, 0.5) is 0 Å². The Kier molecular flexibility index (Phi) is 5.85. The molecule has 0 saturated heterocycles. The Morgan fingerprint density at radius 2 is 2.27 bits per heavy atom. The van der Waals surface area contributed by atoms with Crippen molar-refractivity contribution in [3.63, 3.8) is 0 Å². The molecule has 0 radical (unpaired) electrons. The Morgan fingerprint density at radius 3 is 2.82 bits per heavy atom. The van der Waals surface area contributed by atoms with Crippen LogP contribution in [0.1, 0.15) is 19.3 Å². The fraction of sp³-hybridized carbons (Fsp3) is 0.444. The van der Waals surface area contributed by atoms with Gasteiger partial charge >= 0.3 is 5.97 Å². The summed E-state index contributed by atoms with van der Waals surface area (Å²) < 4.78 is 4.30. The summed E-state index contributed by atoms with van der Waals surface area (Å²) in [7, 11) is 1.30. The van der Waals surface area contributed by atoms with Crippen LogP contribution < -0.4 is 0 Å². The van der Waals surface area contributed by atoms with Crippen LogP contribution in [0.5, 0.6) is 0 Å². The summed E-state index contributed by atoms with van der Waals surface area (Å²) in [5.74, 6) is 6.95. The zero-order valence-corrected chi connectivity index (χ0v) is 6.52. The third-order valence-electron chi connectivity index (χ3n) is 0.999. The first-order valence-corrected chi connectivity index (χ1v) is 3.31. The average molecular weight is 150 g/mol. The van der Waals surface area contributed by atoms with Crippen molar-refractivity contribution < 1.29 is 9.53 Å². The molecule has 0 heterocycles. The first-order chi connectivity index (χ1) is 5.31. The predicted octanol–water partition coefficient (Wildman–Crippen LogP) is 0.966. The van der Waals surface area contributed by atoms with Crippen LogP contribution in [-0.2, 0) is 9.53 Å². The number of hydrogen-bond acceptors (Lipinski definition) is 2. The van der Waals surface area contributed by atoms with E-state index in [1.807, 2.05) is 0 Å². The highest BCUT2D eigenvalue weighted by Crippen LogP contribution is 1.90. The van der Waals surface area contributed by atoms with E-state index in [9.17, 15) is 4.79 Å². The van der Waals surface area contributed by atoms with E-state index in [4.69, 9.17) is 6.42 Å². The quantitative estimate of drug-likeness (QED) is 0.254. The molecule has 0 amide bonds. The van der Waals surface area contributed by atoms with Gasteiger partial charge < -0.3 is 4.74 Å². The zero-order valence-electron chi connectivity index (χ0n) is 6.52. The highest BCUT2D eigenvalue weighted by atomic mass is 16.5. The molecular formula is C9H10O2. The molecule has 2 heteroatoms. The smallest absolute Gasteiger partial charge is 0.384 e. The maximum Gasteiger partial charge on any atom is 0.384 e. The highest BCUT2D eigenvalue weighted by Gasteiger charge is 1.87. The van der Waals surface area contributed by atoms with Gasteiger partial charge in [0.1, 0.15) is 0 Å². The summed E-state index contributed by atoms with van der Waals surface area (Å²) in [6, 6.07) is 0. The van der Waals surface area contributed by atoms with Crippen molar-refractivity contribution in [3.05, 3.63) is 0 Å². The summed E-state index contributed by atoms with van der Waals surface area (Å²) in [6.07, 6.45) is 7.20. The van der Waals surface area contributed by atoms with Gasteiger partial charge in [0, 0.05) is 18.8 Å². The molecule has 0 N–H and O–H groups in total. The van der Waals surface area contributed by atoms with Crippen molar-refractivity contribution in [3.8, 4) is 24.2 Å². The Bertz CT molecular complexity index is 212. The minimum atomic E-state index is -0.495. The molecule has 0 spiro atoms. The number of esters is 1. The van der Waals surface area contributed by atoms with Gasteiger partial charge in [0.2, 0.25) is 0 Å². The van der Waals surface area contributed by atoms with Crippen LogP contribution in [0.25, 0.3) is 0 Å². The van der Waals surface area contributed by atoms with Crippen LogP contribution >= 0.6 is 0 Å². The van der Waals surface area contributed by atoms with Crippen molar-refractivity contribution in [2.45, 2.75) is 19.3 Å². The Labute approximate surface area is 66.9 Å². The maximum absolute atomic E-state index is 10.4. The van der Waals surface area contributed by atoms with Crippen molar-refractivity contribution in [2.24, 2.45) is 0 Å². The highest BCUT2D eigenvalue weighted by molar-refractivity contribution is 5.88. The van der Waals surface area contributed by atoms with Gasteiger partial charge in [0.15, 0.2) is 0 Å². The lowest BCUT2D eigenvalue weighted by atomic mass is 10.2. The van der Waals surface area contributed by atoms with E-state index in [1.54, 1.807) is 0 Å². The zero-order chi connectivity index (χ0) is 8.53.